The van der Waals surface area contributed by atoms with Gasteiger partial charge in [0.15, 0.2) is 0 Å². The predicted molar refractivity (Wildman–Crippen MR) is 82.2 cm³/mol. The number of hydrogen-bond donors (Lipinski definition) is 2. The van der Waals surface area contributed by atoms with Gasteiger partial charge in [-0.25, -0.2) is 4.98 Å². The number of nitrogens with one attached hydrogen (secondary N) is 1. The number of nitrogens with two attached hydrogens (primary N) is 1. The average Bonchev–Trinajstić information content (AvgIpc) is 2.82. The molecule has 0 unspecified atom stereocenters. The molecule has 0 amide bonds. The average molecular weight is 288 g/mol. The van der Waals surface area contributed by atoms with Crippen molar-refractivity contribution < 1.29 is 4.74 Å². The maximum Gasteiger partial charge on any atom is 0.141 e. The van der Waals surface area contributed by atoms with E-state index in [-0.39, 0.29) is 0 Å². The van der Waals surface area contributed by atoms with E-state index >= 15 is 0 Å². The van der Waals surface area contributed by atoms with E-state index in [4.69, 9.17) is 22.1 Å². The number of H-pyrrole nitrogens is 1. The van der Waals surface area contributed by atoms with Crippen molar-refractivity contribution in [3.8, 4) is 17.1 Å². The normalized spacial score (nSPS) is 10.9. The van der Waals surface area contributed by atoms with Crippen molar-refractivity contribution >= 4 is 28.3 Å². The molecule has 5 heteroatoms. The molecule has 20 heavy (non-hydrogen) atoms. The van der Waals surface area contributed by atoms with Crippen LogP contribution in [0.25, 0.3) is 22.4 Å². The number of benzene rings is 2. The number of ether oxygens (including phenoxy) is 1. The molecule has 0 aliphatic carbocycles. The molecule has 0 fully saturated rings. The Bertz CT molecular complexity index is 795. The van der Waals surface area contributed by atoms with Crippen LogP contribution < -0.4 is 10.5 Å². The van der Waals surface area contributed by atoms with Crippen molar-refractivity contribution in [2.24, 2.45) is 0 Å². The number of fused-ring (bicyclic) bond motifs is 1. The zero-order valence-electron chi connectivity index (χ0n) is 11.2. The number of hydrogen-bond acceptors (Lipinski definition) is 3. The molecule has 0 saturated carbocycles. The van der Waals surface area contributed by atoms with Gasteiger partial charge >= 0.3 is 0 Å². The molecular weight excluding hydrogens is 274 g/mol. The number of rotatable bonds is 2. The van der Waals surface area contributed by atoms with Gasteiger partial charge in [0.05, 0.1) is 23.3 Å². The molecule has 0 aliphatic rings. The first-order chi connectivity index (χ1) is 9.58. The topological polar surface area (TPSA) is 63.9 Å². The molecule has 102 valence electrons. The third kappa shape index (κ3) is 2.08. The monoisotopic (exact) mass is 287 g/mol. The number of nitrogens with zero attached hydrogens (tertiary/aromatic N) is 1. The second kappa shape index (κ2) is 4.72. The first kappa shape index (κ1) is 12.8. The summed E-state index contributed by atoms with van der Waals surface area (Å²) >= 11 is 6.21. The quantitative estimate of drug-likeness (QED) is 0.705. The Morgan fingerprint density at radius 3 is 2.75 bits per heavy atom. The van der Waals surface area contributed by atoms with Crippen LogP contribution in [0.15, 0.2) is 30.3 Å². The van der Waals surface area contributed by atoms with Crippen LogP contribution in [-0.4, -0.2) is 17.1 Å². The summed E-state index contributed by atoms with van der Waals surface area (Å²) in [5.41, 5.74) is 10.2. The Kier molecular flexibility index (Phi) is 3.03. The molecule has 0 radical (unpaired) electrons. The number of methoxy groups -OCH3 is 1. The number of anilines is 1. The van der Waals surface area contributed by atoms with Crippen LogP contribution in [-0.2, 0) is 0 Å². The minimum atomic E-state index is 0.577. The first-order valence-corrected chi connectivity index (χ1v) is 6.56. The third-order valence-corrected chi connectivity index (χ3v) is 3.48. The maximum absolute atomic E-state index is 6.21. The number of halogens is 1. The molecule has 0 aliphatic heterocycles. The number of aromatic amines is 1. The van der Waals surface area contributed by atoms with Crippen LogP contribution in [0.3, 0.4) is 0 Å². The summed E-state index contributed by atoms with van der Waals surface area (Å²) < 4.78 is 5.15. The van der Waals surface area contributed by atoms with E-state index in [2.05, 4.69) is 9.97 Å². The highest BCUT2D eigenvalue weighted by Crippen LogP contribution is 2.30. The third-order valence-electron chi connectivity index (χ3n) is 3.19. The molecule has 3 N–H and O–H groups in total. The molecule has 4 nitrogen and oxygen atoms in total. The predicted octanol–water partition coefficient (Wildman–Crippen LogP) is 3.78. The fourth-order valence-corrected chi connectivity index (χ4v) is 2.55. The Morgan fingerprint density at radius 2 is 2.05 bits per heavy atom. The van der Waals surface area contributed by atoms with Crippen LogP contribution >= 0.6 is 11.6 Å². The van der Waals surface area contributed by atoms with E-state index in [0.29, 0.717) is 16.5 Å². The van der Waals surface area contributed by atoms with E-state index in [0.717, 1.165) is 28.0 Å². The minimum Gasteiger partial charge on any atom is -0.495 e. The summed E-state index contributed by atoms with van der Waals surface area (Å²) in [6.45, 7) is 2.00. The summed E-state index contributed by atoms with van der Waals surface area (Å²) in [5.74, 6) is 1.39. The van der Waals surface area contributed by atoms with Crippen molar-refractivity contribution in [3.05, 3.63) is 40.9 Å². The van der Waals surface area contributed by atoms with E-state index in [1.807, 2.05) is 37.3 Å². The van der Waals surface area contributed by atoms with Gasteiger partial charge in [-0.1, -0.05) is 11.6 Å². The molecule has 0 bridgehead atoms. The van der Waals surface area contributed by atoms with E-state index in [1.165, 1.54) is 0 Å². The van der Waals surface area contributed by atoms with Crippen molar-refractivity contribution in [3.63, 3.8) is 0 Å². The molecule has 0 atom stereocenters. The summed E-state index contributed by atoms with van der Waals surface area (Å²) in [5, 5.41) is 0.643. The Hall–Kier alpha value is -2.20. The van der Waals surface area contributed by atoms with Gasteiger partial charge in [-0.3, -0.25) is 0 Å². The summed E-state index contributed by atoms with van der Waals surface area (Å²) in [4.78, 5) is 7.80. The molecule has 3 rings (SSSR count). The molecular formula is C15H14ClN3O. The van der Waals surface area contributed by atoms with Crippen LogP contribution in [0.4, 0.5) is 5.69 Å². The summed E-state index contributed by atoms with van der Waals surface area (Å²) in [7, 11) is 1.59. The molecule has 3 aromatic rings. The minimum absolute atomic E-state index is 0.577. The second-order valence-corrected chi connectivity index (χ2v) is 5.09. The Morgan fingerprint density at radius 1 is 1.25 bits per heavy atom. The van der Waals surface area contributed by atoms with Gasteiger partial charge in [0, 0.05) is 5.56 Å². The van der Waals surface area contributed by atoms with Crippen LogP contribution in [0.2, 0.25) is 5.02 Å². The lowest BCUT2D eigenvalue weighted by Crippen LogP contribution is -1.92. The summed E-state index contributed by atoms with van der Waals surface area (Å²) in [6.07, 6.45) is 0. The zero-order chi connectivity index (χ0) is 14.3. The number of nitrogen functional groups attached to an aromatic ring is 1. The van der Waals surface area contributed by atoms with Gasteiger partial charge in [0.1, 0.15) is 17.1 Å². The molecule has 2 aromatic carbocycles. The lowest BCUT2D eigenvalue weighted by atomic mass is 10.2. The second-order valence-electron chi connectivity index (χ2n) is 4.69. The smallest absolute Gasteiger partial charge is 0.141 e. The highest BCUT2D eigenvalue weighted by Gasteiger charge is 2.10. The van der Waals surface area contributed by atoms with Gasteiger partial charge in [-0.15, -0.1) is 0 Å². The molecule has 1 aromatic heterocycles. The van der Waals surface area contributed by atoms with E-state index < -0.39 is 0 Å². The largest absolute Gasteiger partial charge is 0.495 e. The van der Waals surface area contributed by atoms with Crippen molar-refractivity contribution in [1.82, 2.24) is 9.97 Å². The van der Waals surface area contributed by atoms with Crippen molar-refractivity contribution in [2.75, 3.05) is 12.8 Å². The SMILES string of the molecule is COc1ccc(-c2nc3c(Cl)cc(C)cc3[nH]2)cc1N. The molecule has 0 spiro atoms. The van der Waals surface area contributed by atoms with Crippen LogP contribution in [0.1, 0.15) is 5.56 Å². The molecule has 1 heterocycles. The van der Waals surface area contributed by atoms with E-state index in [1.54, 1.807) is 7.11 Å². The number of imidazole rings is 1. The number of aromatic nitrogens is 2. The van der Waals surface area contributed by atoms with E-state index in [9.17, 15) is 0 Å². The fraction of sp³-hybridized carbons (Fsp3) is 0.133. The van der Waals surface area contributed by atoms with Gasteiger partial charge in [0.25, 0.3) is 0 Å². The van der Waals surface area contributed by atoms with Crippen molar-refractivity contribution in [1.29, 1.82) is 0 Å². The lowest BCUT2D eigenvalue weighted by Gasteiger charge is -2.05. The van der Waals surface area contributed by atoms with Crippen LogP contribution in [0.5, 0.6) is 5.75 Å². The van der Waals surface area contributed by atoms with Crippen molar-refractivity contribution in [2.45, 2.75) is 6.92 Å². The lowest BCUT2D eigenvalue weighted by molar-refractivity contribution is 0.417. The van der Waals surface area contributed by atoms with Gasteiger partial charge in [0.2, 0.25) is 0 Å². The van der Waals surface area contributed by atoms with Gasteiger partial charge < -0.3 is 15.5 Å². The summed E-state index contributed by atoms with van der Waals surface area (Å²) in [6, 6.07) is 9.48. The highest BCUT2D eigenvalue weighted by molar-refractivity contribution is 6.35. The Balaban J connectivity index is 2.15. The zero-order valence-corrected chi connectivity index (χ0v) is 12.0. The van der Waals surface area contributed by atoms with Crippen LogP contribution in [0, 0.1) is 6.92 Å². The highest BCUT2D eigenvalue weighted by atomic mass is 35.5. The fourth-order valence-electron chi connectivity index (χ4n) is 2.23. The Labute approximate surface area is 121 Å². The number of aryl methyl sites for hydroxylation is 1. The van der Waals surface area contributed by atoms with Gasteiger partial charge in [-0.2, -0.15) is 0 Å². The molecule has 0 saturated heterocycles. The first-order valence-electron chi connectivity index (χ1n) is 6.18. The van der Waals surface area contributed by atoms with Gasteiger partial charge in [-0.05, 0) is 42.8 Å². The standard InChI is InChI=1S/C15H14ClN3O/c1-8-5-10(16)14-12(6-8)18-15(19-14)9-3-4-13(20-2)11(17)7-9/h3-7H,17H2,1-2H3,(H,18,19). The maximum atomic E-state index is 6.21.